The molecule has 3 rings (SSSR count). The van der Waals surface area contributed by atoms with E-state index in [0.717, 1.165) is 0 Å². The molecule has 2 atom stereocenters. The average Bonchev–Trinajstić information content (AvgIpc) is 3.15. The van der Waals surface area contributed by atoms with Gasteiger partial charge in [-0.2, -0.15) is 13.2 Å². The van der Waals surface area contributed by atoms with Crippen molar-refractivity contribution in [1.29, 1.82) is 0 Å². The smallest absolute Gasteiger partial charge is 0.393 e. The van der Waals surface area contributed by atoms with Crippen molar-refractivity contribution in [2.75, 3.05) is 13.1 Å². The van der Waals surface area contributed by atoms with Crippen molar-refractivity contribution in [3.63, 3.8) is 0 Å². The number of aliphatic carboxylic acids is 1. The first-order valence-electron chi connectivity index (χ1n) is 7.46. The monoisotopic (exact) mass is 394 g/mol. The molecule has 0 spiro atoms. The summed E-state index contributed by atoms with van der Waals surface area (Å²) in [5.74, 6) is -5.06. The molecule has 2 aromatic rings. The first-order valence-corrected chi connectivity index (χ1v) is 7.46. The van der Waals surface area contributed by atoms with E-state index in [4.69, 9.17) is 9.52 Å². The summed E-state index contributed by atoms with van der Waals surface area (Å²) in [6.45, 7) is -0.571. The van der Waals surface area contributed by atoms with Gasteiger partial charge >= 0.3 is 12.1 Å². The molecule has 0 saturated carbocycles. The molecule has 0 unspecified atom stereocenters. The van der Waals surface area contributed by atoms with Crippen LogP contribution in [0.4, 0.5) is 17.6 Å². The molecule has 1 aromatic heterocycles. The van der Waals surface area contributed by atoms with Crippen molar-refractivity contribution >= 4 is 18.4 Å². The van der Waals surface area contributed by atoms with E-state index in [1.54, 1.807) is 0 Å². The van der Waals surface area contributed by atoms with Crippen molar-refractivity contribution in [2.24, 2.45) is 11.8 Å². The van der Waals surface area contributed by atoms with Crippen LogP contribution in [-0.4, -0.2) is 40.2 Å². The summed E-state index contributed by atoms with van der Waals surface area (Å²) in [7, 11) is 0. The lowest BCUT2D eigenvalue weighted by Gasteiger charge is -2.18. The van der Waals surface area contributed by atoms with Gasteiger partial charge in [0.25, 0.3) is 0 Å². The highest BCUT2D eigenvalue weighted by atomic mass is 35.5. The molecule has 0 bridgehead atoms. The zero-order chi connectivity index (χ0) is 18.2. The van der Waals surface area contributed by atoms with Gasteiger partial charge in [0.2, 0.25) is 5.89 Å². The first-order chi connectivity index (χ1) is 11.7. The van der Waals surface area contributed by atoms with E-state index in [1.165, 1.54) is 35.4 Å². The number of likely N-dealkylation sites (tertiary alicyclic amines) is 1. The predicted octanol–water partition coefficient (Wildman–Crippen LogP) is 3.60. The fraction of sp³-hybridized carbons (Fsp3) is 0.375. The highest BCUT2D eigenvalue weighted by molar-refractivity contribution is 5.85. The van der Waals surface area contributed by atoms with Gasteiger partial charge < -0.3 is 9.52 Å². The van der Waals surface area contributed by atoms with Crippen molar-refractivity contribution in [3.8, 4) is 11.5 Å². The van der Waals surface area contributed by atoms with Crippen LogP contribution in [0, 0.1) is 17.7 Å². The maximum atomic E-state index is 13.0. The van der Waals surface area contributed by atoms with Crippen LogP contribution < -0.4 is 0 Å². The zero-order valence-corrected chi connectivity index (χ0v) is 14.1. The van der Waals surface area contributed by atoms with Gasteiger partial charge in [-0.05, 0) is 24.3 Å². The molecule has 1 N–H and O–H groups in total. The van der Waals surface area contributed by atoms with Crippen LogP contribution in [0.25, 0.3) is 11.5 Å². The molecule has 0 radical (unpaired) electrons. The lowest BCUT2D eigenvalue weighted by atomic mass is 9.96. The molecule has 142 valence electrons. The van der Waals surface area contributed by atoms with Crippen molar-refractivity contribution in [2.45, 2.75) is 12.7 Å². The summed E-state index contributed by atoms with van der Waals surface area (Å²) >= 11 is 0. The largest absolute Gasteiger partial charge is 0.481 e. The Bertz CT molecular complexity index is 764. The highest BCUT2D eigenvalue weighted by Gasteiger charge is 2.52. The van der Waals surface area contributed by atoms with Gasteiger partial charge in [-0.3, -0.25) is 9.69 Å². The number of hydrogen-bond acceptors (Lipinski definition) is 4. The van der Waals surface area contributed by atoms with Gasteiger partial charge in [0.05, 0.1) is 17.5 Å². The third kappa shape index (κ3) is 4.34. The van der Waals surface area contributed by atoms with E-state index in [9.17, 15) is 22.4 Å². The fourth-order valence-corrected chi connectivity index (χ4v) is 2.93. The lowest BCUT2D eigenvalue weighted by Crippen LogP contribution is -2.33. The Morgan fingerprint density at radius 3 is 2.46 bits per heavy atom. The van der Waals surface area contributed by atoms with Crippen molar-refractivity contribution in [3.05, 3.63) is 42.0 Å². The maximum Gasteiger partial charge on any atom is 0.393 e. The minimum Gasteiger partial charge on any atom is -0.481 e. The lowest BCUT2D eigenvalue weighted by molar-refractivity contribution is -0.188. The number of hydrogen-bond donors (Lipinski definition) is 1. The normalized spacial score (nSPS) is 20.8. The summed E-state index contributed by atoms with van der Waals surface area (Å²) in [5, 5.41) is 9.01. The molecular weight excluding hydrogens is 380 g/mol. The number of carboxylic acid groups (broad SMARTS) is 1. The number of oxazole rings is 1. The molecular formula is C16H15ClF4N2O3. The number of carbonyl (C=O) groups is 1. The minimum absolute atomic E-state index is 0. The van der Waals surface area contributed by atoms with Crippen LogP contribution in [-0.2, 0) is 11.3 Å². The summed E-state index contributed by atoms with van der Waals surface area (Å²) in [6, 6.07) is 5.43. The third-order valence-electron chi connectivity index (χ3n) is 4.16. The Morgan fingerprint density at radius 1 is 1.27 bits per heavy atom. The summed E-state index contributed by atoms with van der Waals surface area (Å²) in [4.78, 5) is 16.6. The van der Waals surface area contributed by atoms with Crippen LogP contribution in [0.15, 0.2) is 34.9 Å². The molecule has 0 amide bonds. The second-order valence-corrected chi connectivity index (χ2v) is 5.94. The zero-order valence-electron chi connectivity index (χ0n) is 13.2. The molecule has 5 nitrogen and oxygen atoms in total. The number of rotatable bonds is 4. The summed E-state index contributed by atoms with van der Waals surface area (Å²) < 4.78 is 57.1. The van der Waals surface area contributed by atoms with Gasteiger partial charge in [-0.15, -0.1) is 12.4 Å². The van der Waals surface area contributed by atoms with E-state index in [2.05, 4.69) is 4.98 Å². The molecule has 26 heavy (non-hydrogen) atoms. The van der Waals surface area contributed by atoms with E-state index in [-0.39, 0.29) is 31.4 Å². The Labute approximate surface area is 152 Å². The number of alkyl halides is 3. The molecule has 1 aliphatic heterocycles. The number of carboxylic acids is 1. The average molecular weight is 395 g/mol. The van der Waals surface area contributed by atoms with Crippen LogP contribution in [0.2, 0.25) is 0 Å². The molecule has 2 heterocycles. The highest BCUT2D eigenvalue weighted by Crippen LogP contribution is 2.38. The van der Waals surface area contributed by atoms with E-state index in [0.29, 0.717) is 11.3 Å². The number of benzene rings is 1. The third-order valence-corrected chi connectivity index (χ3v) is 4.16. The fourth-order valence-electron chi connectivity index (χ4n) is 2.93. The van der Waals surface area contributed by atoms with Gasteiger partial charge in [0, 0.05) is 25.2 Å². The summed E-state index contributed by atoms with van der Waals surface area (Å²) in [5.41, 5.74) is 0.914. The first kappa shape index (κ1) is 20.2. The second-order valence-electron chi connectivity index (χ2n) is 5.94. The summed E-state index contributed by atoms with van der Waals surface area (Å²) in [6.07, 6.45) is -3.27. The standard InChI is InChI=1S/C16H14F4N2O3.ClH/c17-10-3-1-9(2-4-10)14-21-11(8-25-14)5-22-6-12(15(23)24)13(7-22)16(18,19)20;/h1-4,8,12-13H,5-7H2,(H,23,24);1H/t12-,13-;/m1./s1. The number of aromatic nitrogens is 1. The van der Waals surface area contributed by atoms with Crippen LogP contribution in [0.1, 0.15) is 5.69 Å². The Kier molecular flexibility index (Phi) is 5.92. The van der Waals surface area contributed by atoms with E-state index < -0.39 is 36.3 Å². The molecule has 1 saturated heterocycles. The topological polar surface area (TPSA) is 66.6 Å². The van der Waals surface area contributed by atoms with Crippen LogP contribution in [0.3, 0.4) is 0 Å². The van der Waals surface area contributed by atoms with Gasteiger partial charge in [0.15, 0.2) is 0 Å². The van der Waals surface area contributed by atoms with Crippen LogP contribution in [0.5, 0.6) is 0 Å². The maximum absolute atomic E-state index is 13.0. The molecule has 0 aliphatic carbocycles. The van der Waals surface area contributed by atoms with Gasteiger partial charge in [-0.25, -0.2) is 9.37 Å². The number of halogens is 5. The van der Waals surface area contributed by atoms with Gasteiger partial charge in [-0.1, -0.05) is 0 Å². The quantitative estimate of drug-likeness (QED) is 0.803. The minimum atomic E-state index is -4.57. The van der Waals surface area contributed by atoms with Crippen molar-refractivity contribution in [1.82, 2.24) is 9.88 Å². The molecule has 1 fully saturated rings. The number of nitrogens with zero attached hydrogens (tertiary/aromatic N) is 2. The molecule has 10 heteroatoms. The Balaban J connectivity index is 0.00000243. The van der Waals surface area contributed by atoms with Gasteiger partial charge in [0.1, 0.15) is 12.1 Å². The SMILES string of the molecule is Cl.O=C(O)[C@@H]1CN(Cc2coc(-c3ccc(F)cc3)n2)C[C@H]1C(F)(F)F. The van der Waals surface area contributed by atoms with Crippen LogP contribution >= 0.6 is 12.4 Å². The Morgan fingerprint density at radius 2 is 1.92 bits per heavy atom. The predicted molar refractivity (Wildman–Crippen MR) is 85.1 cm³/mol. The van der Waals surface area contributed by atoms with Crippen molar-refractivity contribution < 1.29 is 31.9 Å². The van der Waals surface area contributed by atoms with E-state index >= 15 is 0 Å². The Hall–Kier alpha value is -2.13. The molecule has 1 aliphatic rings. The molecule has 1 aromatic carbocycles. The second kappa shape index (κ2) is 7.63. The van der Waals surface area contributed by atoms with E-state index in [1.807, 2.05) is 0 Å².